The van der Waals surface area contributed by atoms with Crippen LogP contribution in [0.3, 0.4) is 0 Å². The van der Waals surface area contributed by atoms with Crippen LogP contribution in [0.4, 0.5) is 5.95 Å². The smallest absolute Gasteiger partial charge is 0.203 e. The Hall–Kier alpha value is -1.97. The molecule has 0 radical (unpaired) electrons. The molecule has 0 amide bonds. The zero-order chi connectivity index (χ0) is 14.2. The molecule has 2 heterocycles. The van der Waals surface area contributed by atoms with Gasteiger partial charge in [0.1, 0.15) is 12.4 Å². The van der Waals surface area contributed by atoms with E-state index in [1.54, 1.807) is 0 Å². The summed E-state index contributed by atoms with van der Waals surface area (Å²) in [6.45, 7) is 2.74. The van der Waals surface area contributed by atoms with E-state index >= 15 is 0 Å². The summed E-state index contributed by atoms with van der Waals surface area (Å²) < 4.78 is 8.09. The molecule has 0 spiro atoms. The lowest BCUT2D eigenvalue weighted by Crippen LogP contribution is -2.17. The number of rotatable bonds is 3. The number of fused-ring (bicyclic) bond motifs is 1. The molecule has 0 saturated heterocycles. The maximum atomic E-state index is 5.76. The van der Waals surface area contributed by atoms with Crippen LogP contribution in [0, 0.1) is 6.92 Å². The number of imidazole rings is 1. The topological polar surface area (TPSA) is 39.1 Å². The second kappa shape index (κ2) is 5.10. The molecule has 1 aliphatic carbocycles. The van der Waals surface area contributed by atoms with Gasteiger partial charge in [-0.3, -0.25) is 0 Å². The highest BCUT2D eigenvalue weighted by Gasteiger charge is 2.26. The Labute approximate surface area is 125 Å². The number of ether oxygens (including phenoxy) is 1. The lowest BCUT2D eigenvalue weighted by molar-refractivity contribution is 0.338. The van der Waals surface area contributed by atoms with Crippen molar-refractivity contribution in [1.29, 1.82) is 0 Å². The fourth-order valence-corrected chi connectivity index (χ4v) is 3.52. The van der Waals surface area contributed by atoms with Gasteiger partial charge in [-0.1, -0.05) is 31.0 Å². The highest BCUT2D eigenvalue weighted by Crippen LogP contribution is 2.36. The molecule has 0 bridgehead atoms. The van der Waals surface area contributed by atoms with E-state index in [0.29, 0.717) is 12.6 Å². The highest BCUT2D eigenvalue weighted by atomic mass is 16.5. The van der Waals surface area contributed by atoms with Crippen LogP contribution < -0.4 is 10.1 Å². The van der Waals surface area contributed by atoms with E-state index in [4.69, 9.17) is 4.74 Å². The molecular weight excluding hydrogens is 262 g/mol. The fraction of sp³-hybridized carbons (Fsp3) is 0.471. The van der Waals surface area contributed by atoms with Crippen LogP contribution in [-0.2, 0) is 0 Å². The van der Waals surface area contributed by atoms with E-state index in [9.17, 15) is 0 Å². The van der Waals surface area contributed by atoms with E-state index in [1.165, 1.54) is 31.2 Å². The minimum absolute atomic E-state index is 0.197. The standard InChI is InChI=1S/C17H21N3O/c1-12-10-20(13-6-2-3-7-13)17(18-12)19-15-11-21-16-9-5-4-8-14(15)16/h4-5,8-10,13,15H,2-3,6-7,11H2,1H3,(H,18,19). The number of anilines is 1. The molecule has 1 aromatic heterocycles. The zero-order valence-corrected chi connectivity index (χ0v) is 12.4. The third kappa shape index (κ3) is 2.28. The predicted molar refractivity (Wildman–Crippen MR) is 82.8 cm³/mol. The highest BCUT2D eigenvalue weighted by molar-refractivity contribution is 5.44. The van der Waals surface area contributed by atoms with Crippen LogP contribution in [0.1, 0.15) is 49.0 Å². The van der Waals surface area contributed by atoms with Crippen molar-refractivity contribution in [2.75, 3.05) is 11.9 Å². The molecule has 2 aromatic rings. The van der Waals surface area contributed by atoms with Gasteiger partial charge in [-0.25, -0.2) is 4.98 Å². The molecule has 2 aliphatic rings. The SMILES string of the molecule is Cc1cn(C2CCCC2)c(NC2COc3ccccc32)n1. The number of hydrogen-bond acceptors (Lipinski definition) is 3. The van der Waals surface area contributed by atoms with E-state index in [1.807, 2.05) is 12.1 Å². The Balaban J connectivity index is 1.60. The van der Waals surface area contributed by atoms with Crippen LogP contribution in [0.25, 0.3) is 0 Å². The lowest BCUT2D eigenvalue weighted by atomic mass is 10.1. The number of hydrogen-bond donors (Lipinski definition) is 1. The van der Waals surface area contributed by atoms with Gasteiger partial charge in [0.2, 0.25) is 5.95 Å². The van der Waals surface area contributed by atoms with Crippen molar-refractivity contribution in [2.24, 2.45) is 0 Å². The zero-order valence-electron chi connectivity index (χ0n) is 12.4. The number of aromatic nitrogens is 2. The first-order valence-corrected chi connectivity index (χ1v) is 7.85. The summed E-state index contributed by atoms with van der Waals surface area (Å²) in [4.78, 5) is 4.69. The van der Waals surface area contributed by atoms with Crippen molar-refractivity contribution in [3.05, 3.63) is 41.7 Å². The van der Waals surface area contributed by atoms with Gasteiger partial charge in [0, 0.05) is 17.8 Å². The number of benzene rings is 1. The first-order chi connectivity index (χ1) is 10.3. The van der Waals surface area contributed by atoms with Gasteiger partial charge >= 0.3 is 0 Å². The normalized spacial score (nSPS) is 21.3. The average Bonchev–Trinajstić information content (AvgIpc) is 3.20. The first kappa shape index (κ1) is 12.7. The summed E-state index contributed by atoms with van der Waals surface area (Å²) in [7, 11) is 0. The van der Waals surface area contributed by atoms with Crippen LogP contribution in [0.15, 0.2) is 30.5 Å². The number of nitrogens with one attached hydrogen (secondary N) is 1. The van der Waals surface area contributed by atoms with E-state index < -0.39 is 0 Å². The van der Waals surface area contributed by atoms with Crippen LogP contribution in [0.5, 0.6) is 5.75 Å². The van der Waals surface area contributed by atoms with Crippen molar-refractivity contribution < 1.29 is 4.74 Å². The maximum Gasteiger partial charge on any atom is 0.203 e. The first-order valence-electron chi connectivity index (χ1n) is 7.85. The Bertz CT molecular complexity index is 643. The lowest BCUT2D eigenvalue weighted by Gasteiger charge is -2.18. The van der Waals surface area contributed by atoms with Crippen LogP contribution >= 0.6 is 0 Å². The molecule has 21 heavy (non-hydrogen) atoms. The number of aryl methyl sites for hydroxylation is 1. The molecule has 1 fully saturated rings. The summed E-state index contributed by atoms with van der Waals surface area (Å²) in [5.41, 5.74) is 2.31. The van der Waals surface area contributed by atoms with Crippen molar-refractivity contribution in [3.63, 3.8) is 0 Å². The average molecular weight is 283 g/mol. The Morgan fingerprint density at radius 1 is 1.24 bits per heavy atom. The van der Waals surface area contributed by atoms with Crippen LogP contribution in [-0.4, -0.2) is 16.2 Å². The Kier molecular flexibility index (Phi) is 3.09. The molecule has 1 atom stereocenters. The van der Waals surface area contributed by atoms with Crippen molar-refractivity contribution in [2.45, 2.75) is 44.7 Å². The van der Waals surface area contributed by atoms with Gasteiger partial charge in [0.25, 0.3) is 0 Å². The van der Waals surface area contributed by atoms with Gasteiger partial charge in [-0.15, -0.1) is 0 Å². The second-order valence-corrected chi connectivity index (χ2v) is 6.10. The molecule has 110 valence electrons. The van der Waals surface area contributed by atoms with E-state index in [-0.39, 0.29) is 6.04 Å². The summed E-state index contributed by atoms with van der Waals surface area (Å²) >= 11 is 0. The Morgan fingerprint density at radius 2 is 2.05 bits per heavy atom. The van der Waals surface area contributed by atoms with Crippen molar-refractivity contribution in [1.82, 2.24) is 9.55 Å². The molecular formula is C17H21N3O. The largest absolute Gasteiger partial charge is 0.491 e. The van der Waals surface area contributed by atoms with Gasteiger partial charge in [0.15, 0.2) is 0 Å². The van der Waals surface area contributed by atoms with Gasteiger partial charge in [-0.2, -0.15) is 0 Å². The maximum absolute atomic E-state index is 5.76. The van der Waals surface area contributed by atoms with Gasteiger partial charge < -0.3 is 14.6 Å². The summed E-state index contributed by atoms with van der Waals surface area (Å²) in [5.74, 6) is 1.98. The van der Waals surface area contributed by atoms with Crippen molar-refractivity contribution >= 4 is 5.95 Å². The third-order valence-corrected chi connectivity index (χ3v) is 4.57. The molecule has 1 aromatic carbocycles. The number of para-hydroxylation sites is 1. The molecule has 4 heteroatoms. The molecule has 1 N–H and O–H groups in total. The third-order valence-electron chi connectivity index (χ3n) is 4.57. The summed E-state index contributed by atoms with van der Waals surface area (Å²) in [6.07, 6.45) is 7.37. The monoisotopic (exact) mass is 283 g/mol. The van der Waals surface area contributed by atoms with Gasteiger partial charge in [-0.05, 0) is 25.8 Å². The second-order valence-electron chi connectivity index (χ2n) is 6.10. The summed E-state index contributed by atoms with van der Waals surface area (Å²) in [5, 5.41) is 3.59. The quantitative estimate of drug-likeness (QED) is 0.930. The van der Waals surface area contributed by atoms with Gasteiger partial charge in [0.05, 0.1) is 11.7 Å². The van der Waals surface area contributed by atoms with E-state index in [2.05, 4.69) is 40.1 Å². The van der Waals surface area contributed by atoms with Crippen molar-refractivity contribution in [3.8, 4) is 5.75 Å². The molecule has 4 nitrogen and oxygen atoms in total. The molecule has 4 rings (SSSR count). The predicted octanol–water partition coefficient (Wildman–Crippen LogP) is 3.85. The number of nitrogens with zero attached hydrogens (tertiary/aromatic N) is 2. The Morgan fingerprint density at radius 3 is 2.90 bits per heavy atom. The summed E-state index contributed by atoms with van der Waals surface area (Å²) in [6, 6.07) is 9.05. The molecule has 1 saturated carbocycles. The minimum Gasteiger partial charge on any atom is -0.491 e. The van der Waals surface area contributed by atoms with Crippen LogP contribution in [0.2, 0.25) is 0 Å². The molecule has 1 aliphatic heterocycles. The fourth-order valence-electron chi connectivity index (χ4n) is 3.52. The minimum atomic E-state index is 0.197. The molecule has 1 unspecified atom stereocenters. The van der Waals surface area contributed by atoms with E-state index in [0.717, 1.165) is 17.4 Å².